The van der Waals surface area contributed by atoms with Crippen molar-refractivity contribution in [1.82, 2.24) is 10.3 Å². The molecule has 1 atom stereocenters. The minimum atomic E-state index is -0.758. The van der Waals surface area contributed by atoms with Gasteiger partial charge in [0.2, 0.25) is 0 Å². The van der Waals surface area contributed by atoms with Crippen LogP contribution in [0.2, 0.25) is 0 Å². The number of hydrogen-bond acceptors (Lipinski definition) is 4. The van der Waals surface area contributed by atoms with Gasteiger partial charge in [-0.2, -0.15) is 0 Å². The van der Waals surface area contributed by atoms with Crippen LogP contribution in [0.15, 0.2) is 47.2 Å². The van der Waals surface area contributed by atoms with Crippen molar-refractivity contribution in [2.75, 3.05) is 0 Å². The fraction of sp³-hybridized carbons (Fsp3) is 0.278. The Hall–Kier alpha value is -2.21. The third-order valence-corrected chi connectivity index (χ3v) is 4.05. The van der Waals surface area contributed by atoms with E-state index in [2.05, 4.69) is 26.2 Å². The fourth-order valence-corrected chi connectivity index (χ4v) is 2.38. The van der Waals surface area contributed by atoms with Crippen LogP contribution in [0.5, 0.6) is 5.75 Å². The van der Waals surface area contributed by atoms with Crippen LogP contribution in [-0.2, 0) is 4.79 Å². The number of pyridine rings is 1. The Morgan fingerprint density at radius 3 is 2.42 bits per heavy atom. The predicted molar refractivity (Wildman–Crippen MR) is 94.8 cm³/mol. The average molecular weight is 391 g/mol. The number of amides is 1. The van der Waals surface area contributed by atoms with Gasteiger partial charge >= 0.3 is 5.97 Å². The number of carbonyl (C=O) groups is 2. The molecule has 24 heavy (non-hydrogen) atoms. The highest BCUT2D eigenvalue weighted by atomic mass is 79.9. The second kappa shape index (κ2) is 8.06. The summed E-state index contributed by atoms with van der Waals surface area (Å²) in [5.41, 5.74) is 1.56. The minimum absolute atomic E-state index is 0.123. The number of hydrogen-bond donors (Lipinski definition) is 1. The molecule has 1 aromatic carbocycles. The summed E-state index contributed by atoms with van der Waals surface area (Å²) in [6.45, 7) is 5.64. The van der Waals surface area contributed by atoms with Crippen molar-refractivity contribution < 1.29 is 14.3 Å². The summed E-state index contributed by atoms with van der Waals surface area (Å²) in [6, 6.07) is 9.70. The zero-order valence-corrected chi connectivity index (χ0v) is 15.3. The van der Waals surface area contributed by atoms with E-state index in [1.54, 1.807) is 30.5 Å². The molecule has 1 heterocycles. The number of halogens is 1. The molecular weight excluding hydrogens is 372 g/mol. The maximum Gasteiger partial charge on any atom is 0.334 e. The lowest BCUT2D eigenvalue weighted by Gasteiger charge is -2.21. The van der Waals surface area contributed by atoms with E-state index in [1.165, 1.54) is 0 Å². The molecule has 0 bridgehead atoms. The van der Waals surface area contributed by atoms with Gasteiger partial charge in [0, 0.05) is 11.8 Å². The SMILES string of the molecule is Cc1ccc(C(=O)NC(C(=O)Oc2cccnc2Br)C(C)C)cc1. The quantitative estimate of drug-likeness (QED) is 0.626. The second-order valence-electron chi connectivity index (χ2n) is 5.77. The second-order valence-corrected chi connectivity index (χ2v) is 6.53. The molecule has 126 valence electrons. The first-order chi connectivity index (χ1) is 11.4. The summed E-state index contributed by atoms with van der Waals surface area (Å²) >= 11 is 3.23. The van der Waals surface area contributed by atoms with E-state index in [0.29, 0.717) is 15.9 Å². The van der Waals surface area contributed by atoms with Crippen molar-refractivity contribution in [3.63, 3.8) is 0 Å². The monoisotopic (exact) mass is 390 g/mol. The Kier molecular flexibility index (Phi) is 6.09. The van der Waals surface area contributed by atoms with Crippen LogP contribution in [0.3, 0.4) is 0 Å². The zero-order chi connectivity index (χ0) is 17.7. The van der Waals surface area contributed by atoms with Gasteiger partial charge in [-0.05, 0) is 53.0 Å². The number of benzene rings is 1. The molecule has 0 radical (unpaired) electrons. The van der Waals surface area contributed by atoms with Crippen molar-refractivity contribution >= 4 is 27.8 Å². The number of aromatic nitrogens is 1. The van der Waals surface area contributed by atoms with Crippen molar-refractivity contribution in [1.29, 1.82) is 0 Å². The van der Waals surface area contributed by atoms with Crippen molar-refractivity contribution in [2.24, 2.45) is 5.92 Å². The van der Waals surface area contributed by atoms with E-state index in [0.717, 1.165) is 5.56 Å². The molecule has 1 unspecified atom stereocenters. The summed E-state index contributed by atoms with van der Waals surface area (Å²) in [7, 11) is 0. The lowest BCUT2D eigenvalue weighted by atomic mass is 10.0. The maximum absolute atomic E-state index is 12.4. The van der Waals surface area contributed by atoms with Gasteiger partial charge in [0.25, 0.3) is 5.91 Å². The van der Waals surface area contributed by atoms with Crippen LogP contribution < -0.4 is 10.1 Å². The van der Waals surface area contributed by atoms with Crippen molar-refractivity contribution in [3.8, 4) is 5.75 Å². The van der Waals surface area contributed by atoms with E-state index in [-0.39, 0.29) is 11.8 Å². The van der Waals surface area contributed by atoms with Gasteiger partial charge in [0.15, 0.2) is 5.75 Å². The molecule has 1 aromatic heterocycles. The highest BCUT2D eigenvalue weighted by Crippen LogP contribution is 2.22. The Labute approximate surface area is 149 Å². The van der Waals surface area contributed by atoms with E-state index in [4.69, 9.17) is 4.74 Å². The van der Waals surface area contributed by atoms with Gasteiger partial charge in [-0.1, -0.05) is 31.5 Å². The molecule has 2 rings (SSSR count). The number of rotatable bonds is 5. The Morgan fingerprint density at radius 2 is 1.83 bits per heavy atom. The number of nitrogens with one attached hydrogen (secondary N) is 1. The lowest BCUT2D eigenvalue weighted by molar-refractivity contribution is -0.137. The topological polar surface area (TPSA) is 68.3 Å². The molecule has 0 saturated carbocycles. The van der Waals surface area contributed by atoms with E-state index in [9.17, 15) is 9.59 Å². The molecule has 0 aliphatic carbocycles. The lowest BCUT2D eigenvalue weighted by Crippen LogP contribution is -2.46. The third-order valence-electron chi connectivity index (χ3n) is 3.46. The predicted octanol–water partition coefficient (Wildman–Crippen LogP) is 3.51. The normalized spacial score (nSPS) is 11.9. The van der Waals surface area contributed by atoms with Crippen LogP contribution in [0.25, 0.3) is 0 Å². The summed E-state index contributed by atoms with van der Waals surface area (Å²) in [5, 5.41) is 2.74. The summed E-state index contributed by atoms with van der Waals surface area (Å²) in [5.74, 6) is -0.643. The number of aryl methyl sites for hydroxylation is 1. The maximum atomic E-state index is 12.4. The first kappa shape index (κ1) is 18.1. The highest BCUT2D eigenvalue weighted by molar-refractivity contribution is 9.10. The Balaban J connectivity index is 2.11. The molecule has 0 saturated heterocycles. The average Bonchev–Trinajstić information content (AvgIpc) is 2.54. The molecule has 2 aromatic rings. The van der Waals surface area contributed by atoms with Crippen molar-refractivity contribution in [3.05, 3.63) is 58.3 Å². The minimum Gasteiger partial charge on any atom is -0.422 e. The summed E-state index contributed by atoms with van der Waals surface area (Å²) < 4.78 is 5.80. The number of nitrogens with zero attached hydrogens (tertiary/aromatic N) is 1. The van der Waals surface area contributed by atoms with E-state index in [1.807, 2.05) is 32.9 Å². The van der Waals surface area contributed by atoms with Crippen LogP contribution in [0, 0.1) is 12.8 Å². The van der Waals surface area contributed by atoms with Gasteiger partial charge in [-0.3, -0.25) is 4.79 Å². The van der Waals surface area contributed by atoms with E-state index < -0.39 is 12.0 Å². The Bertz CT molecular complexity index is 729. The van der Waals surface area contributed by atoms with Gasteiger partial charge in [-0.25, -0.2) is 9.78 Å². The van der Waals surface area contributed by atoms with Crippen LogP contribution in [-0.4, -0.2) is 22.9 Å². The summed E-state index contributed by atoms with van der Waals surface area (Å²) in [4.78, 5) is 28.8. The third kappa shape index (κ3) is 4.64. The Morgan fingerprint density at radius 1 is 1.17 bits per heavy atom. The molecule has 0 spiro atoms. The molecule has 5 nitrogen and oxygen atoms in total. The van der Waals surface area contributed by atoms with Gasteiger partial charge < -0.3 is 10.1 Å². The zero-order valence-electron chi connectivity index (χ0n) is 13.7. The van der Waals surface area contributed by atoms with Gasteiger partial charge in [0.1, 0.15) is 10.6 Å². The van der Waals surface area contributed by atoms with Crippen molar-refractivity contribution in [2.45, 2.75) is 26.8 Å². The molecule has 0 aliphatic rings. The molecule has 1 N–H and O–H groups in total. The molecule has 6 heteroatoms. The molecular formula is C18H19BrN2O3. The molecule has 1 amide bonds. The highest BCUT2D eigenvalue weighted by Gasteiger charge is 2.27. The summed E-state index contributed by atoms with van der Waals surface area (Å²) in [6.07, 6.45) is 1.58. The van der Waals surface area contributed by atoms with Gasteiger partial charge in [0.05, 0.1) is 0 Å². The van der Waals surface area contributed by atoms with Crippen LogP contribution in [0.4, 0.5) is 0 Å². The number of ether oxygens (including phenoxy) is 1. The number of esters is 1. The first-order valence-electron chi connectivity index (χ1n) is 7.58. The van der Waals surface area contributed by atoms with E-state index >= 15 is 0 Å². The first-order valence-corrected chi connectivity index (χ1v) is 8.37. The molecule has 0 fully saturated rings. The van der Waals surface area contributed by atoms with Gasteiger partial charge in [-0.15, -0.1) is 0 Å². The smallest absolute Gasteiger partial charge is 0.334 e. The standard InChI is InChI=1S/C18H19BrN2O3/c1-11(2)15(18(23)24-14-5-4-10-20-16(14)19)21-17(22)13-8-6-12(3)7-9-13/h4-11,15H,1-3H3,(H,21,22). The fourth-order valence-electron chi connectivity index (χ4n) is 2.05. The largest absolute Gasteiger partial charge is 0.422 e. The molecule has 0 aliphatic heterocycles. The van der Waals surface area contributed by atoms with Crippen LogP contribution >= 0.6 is 15.9 Å². The number of carbonyl (C=O) groups excluding carboxylic acids is 2. The van der Waals surface area contributed by atoms with Crippen LogP contribution in [0.1, 0.15) is 29.8 Å².